The van der Waals surface area contributed by atoms with E-state index in [1.807, 2.05) is 0 Å². The molecule has 0 spiro atoms. The zero-order valence-electron chi connectivity index (χ0n) is 10.8. The lowest BCUT2D eigenvalue weighted by Crippen LogP contribution is -2.13. The molecule has 1 saturated carbocycles. The van der Waals surface area contributed by atoms with E-state index in [4.69, 9.17) is 5.73 Å². The van der Waals surface area contributed by atoms with Gasteiger partial charge < -0.3 is 11.1 Å². The van der Waals surface area contributed by atoms with E-state index in [-0.39, 0.29) is 11.4 Å². The number of anilines is 2. The molecular weight excluding hydrogens is 253 g/mol. The van der Waals surface area contributed by atoms with Gasteiger partial charge in [-0.15, -0.1) is 0 Å². The van der Waals surface area contributed by atoms with Crippen LogP contribution in [0.2, 0.25) is 0 Å². The van der Waals surface area contributed by atoms with Gasteiger partial charge in [-0.05, 0) is 30.5 Å². The van der Waals surface area contributed by atoms with E-state index in [0.717, 1.165) is 12.5 Å². The predicted molar refractivity (Wildman–Crippen MR) is 70.9 cm³/mol. The first kappa shape index (κ1) is 14.0. The Balaban J connectivity index is 1.98. The number of alkyl halides is 3. The van der Waals surface area contributed by atoms with Crippen molar-refractivity contribution in [2.45, 2.75) is 38.3 Å². The van der Waals surface area contributed by atoms with Crippen molar-refractivity contribution in [2.24, 2.45) is 5.92 Å². The Labute approximate surface area is 111 Å². The minimum absolute atomic E-state index is 0.125. The van der Waals surface area contributed by atoms with Crippen molar-refractivity contribution in [1.29, 1.82) is 0 Å². The number of halogens is 3. The van der Waals surface area contributed by atoms with Crippen molar-refractivity contribution in [1.82, 2.24) is 0 Å². The Hall–Kier alpha value is -1.39. The molecule has 0 bridgehead atoms. The van der Waals surface area contributed by atoms with Crippen LogP contribution >= 0.6 is 0 Å². The Morgan fingerprint density at radius 3 is 2.53 bits per heavy atom. The third-order valence-corrected chi connectivity index (χ3v) is 3.69. The van der Waals surface area contributed by atoms with Gasteiger partial charge in [0.2, 0.25) is 0 Å². The lowest BCUT2D eigenvalue weighted by atomic mass is 10.0. The Kier molecular flexibility index (Phi) is 4.22. The van der Waals surface area contributed by atoms with Gasteiger partial charge in [0, 0.05) is 17.9 Å². The van der Waals surface area contributed by atoms with Gasteiger partial charge in [-0.1, -0.05) is 25.7 Å². The molecule has 3 N–H and O–H groups in total. The number of benzene rings is 1. The molecule has 0 aromatic heterocycles. The highest BCUT2D eigenvalue weighted by atomic mass is 19.4. The van der Waals surface area contributed by atoms with Crippen LogP contribution in [-0.2, 0) is 6.18 Å². The average molecular weight is 272 g/mol. The first-order chi connectivity index (χ1) is 8.97. The topological polar surface area (TPSA) is 38.0 Å². The number of nitrogens with two attached hydrogens (primary N) is 1. The van der Waals surface area contributed by atoms with Crippen LogP contribution in [0.1, 0.15) is 37.7 Å². The molecule has 2 nitrogen and oxygen atoms in total. The molecule has 0 radical (unpaired) electrons. The van der Waals surface area contributed by atoms with Crippen LogP contribution in [0.3, 0.4) is 0 Å². The Morgan fingerprint density at radius 2 is 1.89 bits per heavy atom. The minimum Gasteiger partial charge on any atom is -0.399 e. The third-order valence-electron chi connectivity index (χ3n) is 3.69. The normalized spacial score (nSPS) is 16.8. The van der Waals surface area contributed by atoms with Crippen LogP contribution in [0.15, 0.2) is 18.2 Å². The maximum absolute atomic E-state index is 12.9. The summed E-state index contributed by atoms with van der Waals surface area (Å²) in [7, 11) is 0. The maximum atomic E-state index is 12.9. The summed E-state index contributed by atoms with van der Waals surface area (Å²) in [5.41, 5.74) is 5.00. The number of hydrogen-bond acceptors (Lipinski definition) is 2. The lowest BCUT2D eigenvalue weighted by molar-refractivity contribution is -0.136. The molecule has 2 rings (SSSR count). The molecule has 19 heavy (non-hydrogen) atoms. The fraction of sp³-hybridized carbons (Fsp3) is 0.571. The summed E-state index contributed by atoms with van der Waals surface area (Å²) in [6.45, 7) is 0.581. The molecule has 1 aliphatic rings. The van der Waals surface area contributed by atoms with E-state index in [0.29, 0.717) is 12.5 Å². The van der Waals surface area contributed by atoms with Crippen LogP contribution in [0.4, 0.5) is 24.5 Å². The maximum Gasteiger partial charge on any atom is 0.418 e. The second-order valence-electron chi connectivity index (χ2n) is 5.17. The lowest BCUT2D eigenvalue weighted by Gasteiger charge is -2.16. The summed E-state index contributed by atoms with van der Waals surface area (Å²) in [6.07, 6.45) is 1.47. The van der Waals surface area contributed by atoms with E-state index in [2.05, 4.69) is 5.32 Å². The van der Waals surface area contributed by atoms with Gasteiger partial charge in [0.1, 0.15) is 0 Å². The number of nitrogens with one attached hydrogen (secondary N) is 1. The van der Waals surface area contributed by atoms with Crippen LogP contribution in [0.25, 0.3) is 0 Å². The fourth-order valence-electron chi connectivity index (χ4n) is 2.66. The zero-order valence-corrected chi connectivity index (χ0v) is 10.8. The van der Waals surface area contributed by atoms with Crippen molar-refractivity contribution in [3.05, 3.63) is 23.8 Å². The van der Waals surface area contributed by atoms with Crippen LogP contribution < -0.4 is 11.1 Å². The smallest absolute Gasteiger partial charge is 0.399 e. The molecule has 1 aliphatic carbocycles. The summed E-state index contributed by atoms with van der Waals surface area (Å²) in [5, 5.41) is 2.90. The predicted octanol–water partition coefficient (Wildman–Crippen LogP) is 4.28. The van der Waals surface area contributed by atoms with Crippen molar-refractivity contribution in [3.8, 4) is 0 Å². The molecule has 0 amide bonds. The summed E-state index contributed by atoms with van der Waals surface area (Å²) >= 11 is 0. The van der Waals surface area contributed by atoms with Crippen LogP contribution in [0.5, 0.6) is 0 Å². The summed E-state index contributed by atoms with van der Waals surface area (Å²) in [6, 6.07) is 3.89. The quantitative estimate of drug-likeness (QED) is 0.803. The summed E-state index contributed by atoms with van der Waals surface area (Å²) < 4.78 is 38.6. The molecule has 1 fully saturated rings. The minimum atomic E-state index is -4.37. The van der Waals surface area contributed by atoms with Crippen molar-refractivity contribution >= 4 is 11.4 Å². The Bertz CT molecular complexity index is 423. The van der Waals surface area contributed by atoms with E-state index in [1.165, 1.54) is 37.8 Å². The summed E-state index contributed by atoms with van der Waals surface area (Å²) in [4.78, 5) is 0. The van der Waals surface area contributed by atoms with E-state index < -0.39 is 11.7 Å². The van der Waals surface area contributed by atoms with Crippen molar-refractivity contribution in [3.63, 3.8) is 0 Å². The molecule has 1 aromatic carbocycles. The summed E-state index contributed by atoms with van der Waals surface area (Å²) in [5.74, 6) is 0.663. The van der Waals surface area contributed by atoms with E-state index in [1.54, 1.807) is 0 Å². The highest BCUT2D eigenvalue weighted by molar-refractivity contribution is 5.59. The molecule has 1 aromatic rings. The van der Waals surface area contributed by atoms with Gasteiger partial charge in [0.25, 0.3) is 0 Å². The van der Waals surface area contributed by atoms with Gasteiger partial charge in [-0.2, -0.15) is 13.2 Å². The second kappa shape index (κ2) is 5.72. The number of rotatable bonds is 4. The van der Waals surface area contributed by atoms with Gasteiger partial charge >= 0.3 is 6.18 Å². The third kappa shape index (κ3) is 3.78. The van der Waals surface area contributed by atoms with E-state index in [9.17, 15) is 13.2 Å². The van der Waals surface area contributed by atoms with E-state index >= 15 is 0 Å². The fourth-order valence-corrected chi connectivity index (χ4v) is 2.66. The molecule has 5 heteroatoms. The largest absolute Gasteiger partial charge is 0.418 e. The average Bonchev–Trinajstić information content (AvgIpc) is 2.83. The number of nitrogen functional groups attached to an aromatic ring is 1. The Morgan fingerprint density at radius 1 is 1.21 bits per heavy atom. The highest BCUT2D eigenvalue weighted by Crippen LogP contribution is 2.36. The van der Waals surface area contributed by atoms with Gasteiger partial charge in [-0.25, -0.2) is 0 Å². The van der Waals surface area contributed by atoms with Crippen LogP contribution in [0, 0.1) is 5.92 Å². The van der Waals surface area contributed by atoms with Gasteiger partial charge in [0.15, 0.2) is 0 Å². The monoisotopic (exact) mass is 272 g/mol. The van der Waals surface area contributed by atoms with Gasteiger partial charge in [0.05, 0.1) is 5.56 Å². The second-order valence-corrected chi connectivity index (χ2v) is 5.17. The molecule has 0 heterocycles. The zero-order chi connectivity index (χ0) is 13.9. The first-order valence-corrected chi connectivity index (χ1v) is 6.67. The SMILES string of the molecule is Nc1ccc(NCCC2CCCC2)c(C(F)(F)F)c1. The van der Waals surface area contributed by atoms with Gasteiger partial charge in [-0.3, -0.25) is 0 Å². The van der Waals surface area contributed by atoms with Crippen molar-refractivity contribution < 1.29 is 13.2 Å². The van der Waals surface area contributed by atoms with Crippen LogP contribution in [-0.4, -0.2) is 6.54 Å². The molecule has 106 valence electrons. The molecule has 0 unspecified atom stereocenters. The molecule has 0 saturated heterocycles. The highest BCUT2D eigenvalue weighted by Gasteiger charge is 2.33. The number of hydrogen-bond donors (Lipinski definition) is 2. The first-order valence-electron chi connectivity index (χ1n) is 6.67. The molecule has 0 aliphatic heterocycles. The molecule has 0 atom stereocenters. The standard InChI is InChI=1S/C14H19F3N2/c15-14(16,17)12-9-11(18)5-6-13(12)19-8-7-10-3-1-2-4-10/h5-6,9-10,19H,1-4,7-8,18H2. The van der Waals surface area contributed by atoms with Crippen molar-refractivity contribution in [2.75, 3.05) is 17.6 Å². The molecular formula is C14H19F3N2.